The molecule has 0 saturated heterocycles. The number of allylic oxidation sites excluding steroid dienone is 1. The molecule has 0 spiro atoms. The second kappa shape index (κ2) is 11.8. The third kappa shape index (κ3) is 9.70. The molecular formula is C17H35N. The molecule has 0 aliphatic carbocycles. The van der Waals surface area contributed by atoms with Crippen molar-refractivity contribution in [2.45, 2.75) is 78.2 Å². The van der Waals surface area contributed by atoms with Crippen LogP contribution in [0, 0.1) is 5.92 Å². The molecular weight excluding hydrogens is 218 g/mol. The molecule has 0 heterocycles. The fourth-order valence-corrected chi connectivity index (χ4v) is 2.40. The Morgan fingerprint density at radius 3 is 2.22 bits per heavy atom. The van der Waals surface area contributed by atoms with E-state index in [9.17, 15) is 0 Å². The van der Waals surface area contributed by atoms with Crippen molar-refractivity contribution in [3.8, 4) is 0 Å². The minimum atomic E-state index is 0.750. The maximum atomic E-state index is 3.78. The molecule has 0 saturated carbocycles. The molecule has 0 rings (SSSR count). The standard InChI is InChI=1S/C17H35N/c1-6-8-10-13-16(3)14-11-9-12-15-17(4)18(5)7-2/h6,16-17H,1,7-15H2,2-5H3. The molecule has 2 unspecified atom stereocenters. The van der Waals surface area contributed by atoms with Gasteiger partial charge < -0.3 is 4.90 Å². The van der Waals surface area contributed by atoms with Gasteiger partial charge in [-0.05, 0) is 45.7 Å². The molecule has 0 aliphatic rings. The monoisotopic (exact) mass is 253 g/mol. The van der Waals surface area contributed by atoms with Crippen molar-refractivity contribution < 1.29 is 0 Å². The smallest absolute Gasteiger partial charge is 0.00637 e. The molecule has 0 N–H and O–H groups in total. The van der Waals surface area contributed by atoms with E-state index in [2.05, 4.69) is 39.3 Å². The Labute approximate surface area is 116 Å². The lowest BCUT2D eigenvalue weighted by Gasteiger charge is -2.22. The van der Waals surface area contributed by atoms with Crippen LogP contribution in [0.3, 0.4) is 0 Å². The van der Waals surface area contributed by atoms with E-state index in [1.165, 1.54) is 57.9 Å². The van der Waals surface area contributed by atoms with E-state index in [1.54, 1.807) is 0 Å². The lowest BCUT2D eigenvalue weighted by Crippen LogP contribution is -2.28. The summed E-state index contributed by atoms with van der Waals surface area (Å²) in [5.41, 5.74) is 0. The summed E-state index contributed by atoms with van der Waals surface area (Å²) in [7, 11) is 2.23. The summed E-state index contributed by atoms with van der Waals surface area (Å²) in [6, 6.07) is 0.750. The zero-order chi connectivity index (χ0) is 13.8. The van der Waals surface area contributed by atoms with E-state index in [4.69, 9.17) is 0 Å². The first kappa shape index (κ1) is 17.7. The van der Waals surface area contributed by atoms with Crippen LogP contribution < -0.4 is 0 Å². The van der Waals surface area contributed by atoms with Crippen LogP contribution in [0.5, 0.6) is 0 Å². The maximum absolute atomic E-state index is 3.78. The molecule has 0 bridgehead atoms. The number of unbranched alkanes of at least 4 members (excludes halogenated alkanes) is 3. The molecule has 0 amide bonds. The van der Waals surface area contributed by atoms with Crippen molar-refractivity contribution in [2.24, 2.45) is 5.92 Å². The zero-order valence-corrected chi connectivity index (χ0v) is 13.3. The second-order valence-corrected chi connectivity index (χ2v) is 5.89. The van der Waals surface area contributed by atoms with Crippen molar-refractivity contribution in [3.63, 3.8) is 0 Å². The van der Waals surface area contributed by atoms with Gasteiger partial charge in [-0.15, -0.1) is 6.58 Å². The second-order valence-electron chi connectivity index (χ2n) is 5.89. The summed E-state index contributed by atoms with van der Waals surface area (Å²) in [6.07, 6.45) is 12.9. The molecule has 0 fully saturated rings. The Hall–Kier alpha value is -0.300. The normalized spacial score (nSPS) is 14.7. The van der Waals surface area contributed by atoms with Gasteiger partial charge in [0, 0.05) is 6.04 Å². The highest BCUT2D eigenvalue weighted by Crippen LogP contribution is 2.17. The fourth-order valence-electron chi connectivity index (χ4n) is 2.40. The highest BCUT2D eigenvalue weighted by Gasteiger charge is 2.06. The lowest BCUT2D eigenvalue weighted by atomic mass is 9.96. The summed E-state index contributed by atoms with van der Waals surface area (Å²) in [5.74, 6) is 0.903. The molecule has 2 atom stereocenters. The van der Waals surface area contributed by atoms with Crippen LogP contribution in [0.15, 0.2) is 12.7 Å². The van der Waals surface area contributed by atoms with Gasteiger partial charge in [-0.1, -0.05) is 52.0 Å². The van der Waals surface area contributed by atoms with Crippen LogP contribution >= 0.6 is 0 Å². The van der Waals surface area contributed by atoms with Gasteiger partial charge in [-0.2, -0.15) is 0 Å². The molecule has 0 aromatic carbocycles. The van der Waals surface area contributed by atoms with Gasteiger partial charge in [0.2, 0.25) is 0 Å². The predicted octanol–water partition coefficient (Wildman–Crippen LogP) is 5.27. The van der Waals surface area contributed by atoms with E-state index >= 15 is 0 Å². The first-order valence-corrected chi connectivity index (χ1v) is 7.92. The molecule has 0 aromatic heterocycles. The van der Waals surface area contributed by atoms with Crippen molar-refractivity contribution in [2.75, 3.05) is 13.6 Å². The highest BCUT2D eigenvalue weighted by molar-refractivity contribution is 4.67. The molecule has 0 radical (unpaired) electrons. The number of hydrogen-bond acceptors (Lipinski definition) is 1. The number of hydrogen-bond donors (Lipinski definition) is 0. The van der Waals surface area contributed by atoms with Crippen LogP contribution in [-0.2, 0) is 0 Å². The van der Waals surface area contributed by atoms with Crippen molar-refractivity contribution in [3.05, 3.63) is 12.7 Å². The van der Waals surface area contributed by atoms with Gasteiger partial charge in [0.25, 0.3) is 0 Å². The van der Waals surface area contributed by atoms with Gasteiger partial charge >= 0.3 is 0 Å². The summed E-state index contributed by atoms with van der Waals surface area (Å²) in [4.78, 5) is 2.44. The summed E-state index contributed by atoms with van der Waals surface area (Å²) >= 11 is 0. The highest BCUT2D eigenvalue weighted by atomic mass is 15.1. The van der Waals surface area contributed by atoms with Crippen LogP contribution in [0.2, 0.25) is 0 Å². The third-order valence-electron chi connectivity index (χ3n) is 4.18. The number of nitrogens with zero attached hydrogens (tertiary/aromatic N) is 1. The quantitative estimate of drug-likeness (QED) is 0.338. The van der Waals surface area contributed by atoms with E-state index < -0.39 is 0 Å². The van der Waals surface area contributed by atoms with E-state index in [0.29, 0.717) is 0 Å². The van der Waals surface area contributed by atoms with Gasteiger partial charge in [0.05, 0.1) is 0 Å². The minimum Gasteiger partial charge on any atom is -0.304 e. The molecule has 1 nitrogen and oxygen atoms in total. The Morgan fingerprint density at radius 2 is 1.61 bits per heavy atom. The van der Waals surface area contributed by atoms with Crippen LogP contribution in [0.25, 0.3) is 0 Å². The van der Waals surface area contributed by atoms with E-state index in [1.807, 2.05) is 6.08 Å². The Bertz CT molecular complexity index is 188. The predicted molar refractivity (Wildman–Crippen MR) is 84.1 cm³/mol. The summed E-state index contributed by atoms with van der Waals surface area (Å²) in [5, 5.41) is 0. The summed E-state index contributed by atoms with van der Waals surface area (Å²) < 4.78 is 0. The number of rotatable bonds is 12. The lowest BCUT2D eigenvalue weighted by molar-refractivity contribution is 0.252. The van der Waals surface area contributed by atoms with Crippen molar-refractivity contribution >= 4 is 0 Å². The third-order valence-corrected chi connectivity index (χ3v) is 4.18. The Kier molecular flexibility index (Phi) is 11.6. The average Bonchev–Trinajstić information content (AvgIpc) is 2.37. The van der Waals surface area contributed by atoms with E-state index in [0.717, 1.165) is 12.0 Å². The molecule has 1 heteroatoms. The fraction of sp³-hybridized carbons (Fsp3) is 0.882. The van der Waals surface area contributed by atoms with Crippen molar-refractivity contribution in [1.29, 1.82) is 0 Å². The molecule has 18 heavy (non-hydrogen) atoms. The van der Waals surface area contributed by atoms with Crippen LogP contribution in [-0.4, -0.2) is 24.5 Å². The van der Waals surface area contributed by atoms with Gasteiger partial charge in [0.15, 0.2) is 0 Å². The van der Waals surface area contributed by atoms with Gasteiger partial charge in [0.1, 0.15) is 0 Å². The van der Waals surface area contributed by atoms with Gasteiger partial charge in [-0.25, -0.2) is 0 Å². The van der Waals surface area contributed by atoms with Crippen molar-refractivity contribution in [1.82, 2.24) is 4.90 Å². The Balaban J connectivity index is 3.36. The minimum absolute atomic E-state index is 0.750. The SMILES string of the molecule is C=CCCCC(C)CCCCCC(C)N(C)CC. The Morgan fingerprint density at radius 1 is 1.00 bits per heavy atom. The largest absolute Gasteiger partial charge is 0.304 e. The van der Waals surface area contributed by atoms with E-state index in [-0.39, 0.29) is 0 Å². The molecule has 0 aromatic rings. The van der Waals surface area contributed by atoms with Gasteiger partial charge in [-0.3, -0.25) is 0 Å². The zero-order valence-electron chi connectivity index (χ0n) is 13.3. The van der Waals surface area contributed by atoms with Crippen LogP contribution in [0.4, 0.5) is 0 Å². The maximum Gasteiger partial charge on any atom is 0.00637 e. The van der Waals surface area contributed by atoms with Crippen LogP contribution in [0.1, 0.15) is 72.1 Å². The summed E-state index contributed by atoms with van der Waals surface area (Å²) in [6.45, 7) is 11.9. The molecule has 0 aliphatic heterocycles. The first-order chi connectivity index (χ1) is 8.61. The topological polar surface area (TPSA) is 3.24 Å². The molecule has 108 valence electrons. The first-order valence-electron chi connectivity index (χ1n) is 7.92. The average molecular weight is 253 g/mol.